The SMILES string of the molecule is N#Cc1cc(S(=O)(=O)Nc2ccnc3cc(-c4cccnc4)nn23)ccc1F. The van der Waals surface area contributed by atoms with Gasteiger partial charge in [0.1, 0.15) is 17.7 Å². The standard InChI is InChI=1S/C18H11FN6O2S/c19-15-4-3-14(8-13(15)10-20)28(26,27)24-17-5-7-22-18-9-16(23-25(17)18)12-2-1-6-21-11-12/h1-9,11,24H. The zero-order valence-corrected chi connectivity index (χ0v) is 14.9. The van der Waals surface area contributed by atoms with Crippen molar-refractivity contribution in [1.82, 2.24) is 19.6 Å². The van der Waals surface area contributed by atoms with E-state index in [1.807, 2.05) is 6.07 Å². The van der Waals surface area contributed by atoms with Gasteiger partial charge in [0, 0.05) is 30.2 Å². The van der Waals surface area contributed by atoms with Crippen LogP contribution in [0.15, 0.2) is 66.0 Å². The van der Waals surface area contributed by atoms with Crippen molar-refractivity contribution in [2.45, 2.75) is 4.90 Å². The van der Waals surface area contributed by atoms with Gasteiger partial charge in [-0.05, 0) is 36.4 Å². The molecule has 4 aromatic rings. The molecule has 0 bridgehead atoms. The van der Waals surface area contributed by atoms with Crippen molar-refractivity contribution in [3.8, 4) is 17.3 Å². The van der Waals surface area contributed by atoms with Crippen LogP contribution in [0, 0.1) is 17.1 Å². The average molecular weight is 394 g/mol. The van der Waals surface area contributed by atoms with E-state index in [1.165, 1.54) is 16.8 Å². The quantitative estimate of drug-likeness (QED) is 0.569. The second-order valence-electron chi connectivity index (χ2n) is 5.73. The van der Waals surface area contributed by atoms with E-state index in [2.05, 4.69) is 19.8 Å². The first-order valence-corrected chi connectivity index (χ1v) is 9.44. The average Bonchev–Trinajstić information content (AvgIpc) is 3.14. The van der Waals surface area contributed by atoms with Crippen molar-refractivity contribution < 1.29 is 12.8 Å². The molecule has 0 saturated heterocycles. The Morgan fingerprint density at radius 1 is 1.14 bits per heavy atom. The van der Waals surface area contributed by atoms with Crippen LogP contribution in [0.4, 0.5) is 10.2 Å². The molecule has 3 heterocycles. The van der Waals surface area contributed by atoms with Gasteiger partial charge in [-0.15, -0.1) is 0 Å². The molecule has 3 aromatic heterocycles. The van der Waals surface area contributed by atoms with Crippen LogP contribution in [0.25, 0.3) is 16.9 Å². The smallest absolute Gasteiger partial charge is 0.263 e. The molecule has 10 heteroatoms. The Bertz CT molecular complexity index is 1330. The summed E-state index contributed by atoms with van der Waals surface area (Å²) in [5, 5.41) is 13.3. The number of nitriles is 1. The molecule has 0 unspecified atom stereocenters. The Morgan fingerprint density at radius 3 is 2.75 bits per heavy atom. The van der Waals surface area contributed by atoms with E-state index in [4.69, 9.17) is 5.26 Å². The molecule has 0 atom stereocenters. The molecule has 28 heavy (non-hydrogen) atoms. The number of anilines is 1. The van der Waals surface area contributed by atoms with Crippen LogP contribution in [0.5, 0.6) is 0 Å². The highest BCUT2D eigenvalue weighted by Gasteiger charge is 2.19. The molecule has 0 aliphatic carbocycles. The van der Waals surface area contributed by atoms with E-state index in [9.17, 15) is 12.8 Å². The number of hydrogen-bond donors (Lipinski definition) is 1. The molecule has 0 radical (unpaired) electrons. The highest BCUT2D eigenvalue weighted by Crippen LogP contribution is 2.22. The largest absolute Gasteiger partial charge is 0.264 e. The highest BCUT2D eigenvalue weighted by atomic mass is 32.2. The lowest BCUT2D eigenvalue weighted by Gasteiger charge is -2.09. The lowest BCUT2D eigenvalue weighted by Crippen LogP contribution is -2.16. The number of hydrogen-bond acceptors (Lipinski definition) is 6. The maximum absolute atomic E-state index is 13.5. The summed E-state index contributed by atoms with van der Waals surface area (Å²) in [6, 6.07) is 11.3. The number of rotatable bonds is 4. The minimum Gasteiger partial charge on any atom is -0.264 e. The van der Waals surface area contributed by atoms with Crippen molar-refractivity contribution in [3.05, 3.63) is 72.4 Å². The van der Waals surface area contributed by atoms with Gasteiger partial charge < -0.3 is 0 Å². The molecule has 0 aliphatic rings. The van der Waals surface area contributed by atoms with Crippen LogP contribution in [0.1, 0.15) is 5.56 Å². The number of sulfonamides is 1. The molecule has 1 aromatic carbocycles. The van der Waals surface area contributed by atoms with Crippen molar-refractivity contribution in [1.29, 1.82) is 5.26 Å². The van der Waals surface area contributed by atoms with Crippen LogP contribution in [0.2, 0.25) is 0 Å². The van der Waals surface area contributed by atoms with Gasteiger partial charge in [0.25, 0.3) is 10.0 Å². The summed E-state index contributed by atoms with van der Waals surface area (Å²) >= 11 is 0. The summed E-state index contributed by atoms with van der Waals surface area (Å²) in [5.41, 5.74) is 1.39. The first-order valence-electron chi connectivity index (χ1n) is 7.95. The summed E-state index contributed by atoms with van der Waals surface area (Å²) < 4.78 is 42.6. The van der Waals surface area contributed by atoms with Gasteiger partial charge in [-0.2, -0.15) is 14.9 Å². The lowest BCUT2D eigenvalue weighted by atomic mass is 10.2. The normalized spacial score (nSPS) is 11.3. The molecule has 1 N–H and O–H groups in total. The van der Waals surface area contributed by atoms with Crippen molar-refractivity contribution in [2.24, 2.45) is 0 Å². The third kappa shape index (κ3) is 3.15. The minimum atomic E-state index is -4.08. The fourth-order valence-electron chi connectivity index (χ4n) is 2.58. The zero-order chi connectivity index (χ0) is 19.7. The van der Waals surface area contributed by atoms with Crippen LogP contribution in [-0.4, -0.2) is 28.0 Å². The van der Waals surface area contributed by atoms with Gasteiger partial charge in [-0.1, -0.05) is 0 Å². The summed E-state index contributed by atoms with van der Waals surface area (Å²) in [7, 11) is -4.08. The molecule has 0 aliphatic heterocycles. The molecule has 0 amide bonds. The van der Waals surface area contributed by atoms with Crippen LogP contribution >= 0.6 is 0 Å². The topological polar surface area (TPSA) is 113 Å². The Hall–Kier alpha value is -3.84. The maximum Gasteiger partial charge on any atom is 0.263 e. The third-order valence-electron chi connectivity index (χ3n) is 3.92. The van der Waals surface area contributed by atoms with Gasteiger partial charge in [-0.25, -0.2) is 17.8 Å². The van der Waals surface area contributed by atoms with Gasteiger partial charge in [-0.3, -0.25) is 9.71 Å². The Kier molecular flexibility index (Phi) is 4.21. The van der Waals surface area contributed by atoms with Crippen LogP contribution in [-0.2, 0) is 10.0 Å². The van der Waals surface area contributed by atoms with E-state index in [0.29, 0.717) is 11.3 Å². The summed E-state index contributed by atoms with van der Waals surface area (Å²) in [4.78, 5) is 7.98. The second kappa shape index (κ2) is 6.71. The van der Waals surface area contributed by atoms with E-state index in [-0.39, 0.29) is 16.3 Å². The first-order chi connectivity index (χ1) is 13.5. The van der Waals surface area contributed by atoms with Crippen LogP contribution < -0.4 is 4.72 Å². The van der Waals surface area contributed by atoms with E-state index in [1.54, 1.807) is 30.6 Å². The molecular weight excluding hydrogens is 383 g/mol. The number of nitrogens with zero attached hydrogens (tertiary/aromatic N) is 5. The van der Waals surface area contributed by atoms with Gasteiger partial charge >= 0.3 is 0 Å². The number of fused-ring (bicyclic) bond motifs is 1. The summed E-state index contributed by atoms with van der Waals surface area (Å²) in [5.74, 6) is -0.649. The van der Waals surface area contributed by atoms with Crippen LogP contribution in [0.3, 0.4) is 0 Å². The predicted octanol–water partition coefficient (Wildman–Crippen LogP) is 2.60. The number of halogens is 1. The van der Waals surface area contributed by atoms with E-state index < -0.39 is 15.8 Å². The first kappa shape index (κ1) is 17.6. The Morgan fingerprint density at radius 2 is 2.00 bits per heavy atom. The molecule has 4 rings (SSSR count). The number of aromatic nitrogens is 4. The number of pyridine rings is 1. The van der Waals surface area contributed by atoms with Gasteiger partial charge in [0.15, 0.2) is 5.65 Å². The molecule has 0 saturated carbocycles. The second-order valence-corrected chi connectivity index (χ2v) is 7.41. The monoisotopic (exact) mass is 394 g/mol. The maximum atomic E-state index is 13.5. The Labute approximate surface area is 159 Å². The van der Waals surface area contributed by atoms with Crippen molar-refractivity contribution >= 4 is 21.5 Å². The van der Waals surface area contributed by atoms with Gasteiger partial charge in [0.2, 0.25) is 0 Å². The van der Waals surface area contributed by atoms with Crippen molar-refractivity contribution in [3.63, 3.8) is 0 Å². The zero-order valence-electron chi connectivity index (χ0n) is 14.1. The van der Waals surface area contributed by atoms with Gasteiger partial charge in [0.05, 0.1) is 16.2 Å². The molecule has 0 spiro atoms. The highest BCUT2D eigenvalue weighted by molar-refractivity contribution is 7.92. The molecule has 8 nitrogen and oxygen atoms in total. The fourth-order valence-corrected chi connectivity index (χ4v) is 3.65. The lowest BCUT2D eigenvalue weighted by molar-refractivity contribution is 0.599. The number of nitrogens with one attached hydrogen (secondary N) is 1. The minimum absolute atomic E-state index is 0.142. The summed E-state index contributed by atoms with van der Waals surface area (Å²) in [6.07, 6.45) is 4.70. The summed E-state index contributed by atoms with van der Waals surface area (Å²) in [6.45, 7) is 0. The molecule has 138 valence electrons. The number of benzene rings is 1. The third-order valence-corrected chi connectivity index (χ3v) is 5.28. The predicted molar refractivity (Wildman–Crippen MR) is 98.1 cm³/mol. The van der Waals surface area contributed by atoms with Crippen molar-refractivity contribution in [2.75, 3.05) is 4.72 Å². The van der Waals surface area contributed by atoms with E-state index in [0.717, 1.165) is 23.8 Å². The Balaban J connectivity index is 1.75. The van der Waals surface area contributed by atoms with E-state index >= 15 is 0 Å². The fraction of sp³-hybridized carbons (Fsp3) is 0. The molecular formula is C18H11FN6O2S. The molecule has 0 fully saturated rings.